The molecule has 0 saturated carbocycles. The normalized spacial score (nSPS) is 11.2. The van der Waals surface area contributed by atoms with E-state index in [1.165, 1.54) is 24.3 Å². The Labute approximate surface area is 164 Å². The summed E-state index contributed by atoms with van der Waals surface area (Å²) in [7, 11) is -2.39. The van der Waals surface area contributed by atoms with Crippen LogP contribution < -0.4 is 9.62 Å². The molecule has 0 aliphatic carbocycles. The molecule has 2 aromatic carbocycles. The summed E-state index contributed by atoms with van der Waals surface area (Å²) < 4.78 is 32.6. The average Bonchev–Trinajstić information content (AvgIpc) is 3.11. The lowest BCUT2D eigenvalue weighted by Gasteiger charge is -2.18. The van der Waals surface area contributed by atoms with Crippen LogP contribution in [0.5, 0.6) is 0 Å². The lowest BCUT2D eigenvalue weighted by Crippen LogP contribution is -2.26. The van der Waals surface area contributed by atoms with Crippen LogP contribution in [0.15, 0.2) is 70.0 Å². The third-order valence-corrected chi connectivity index (χ3v) is 6.39. The molecular weight excluding hydrogens is 376 g/mol. The molecule has 0 unspecified atom stereocenters. The van der Waals surface area contributed by atoms with E-state index in [-0.39, 0.29) is 16.4 Å². The van der Waals surface area contributed by atoms with Crippen LogP contribution >= 0.6 is 0 Å². The summed E-state index contributed by atoms with van der Waals surface area (Å²) in [5, 5.41) is 2.79. The van der Waals surface area contributed by atoms with Gasteiger partial charge in [0.25, 0.3) is 15.9 Å². The number of carbonyl (C=O) groups is 1. The maximum Gasteiger partial charge on any atom is 0.291 e. The van der Waals surface area contributed by atoms with Crippen LogP contribution in [0.25, 0.3) is 0 Å². The molecular formula is C21H22N2O4S. The van der Waals surface area contributed by atoms with E-state index in [0.717, 1.165) is 12.0 Å². The standard InChI is InChI=1S/C21H22N2O4S/c1-4-16-10-8-9-13-18(16)22-21(24)19-14-20(15(2)27-19)28(25,26)23(3)17-11-6-5-7-12-17/h5-14H,4H2,1-3H3,(H,22,24). The van der Waals surface area contributed by atoms with Crippen LogP contribution in [0, 0.1) is 6.92 Å². The maximum atomic E-state index is 13.0. The molecule has 1 N–H and O–H groups in total. The van der Waals surface area contributed by atoms with Crippen LogP contribution in [-0.2, 0) is 16.4 Å². The number of nitrogens with zero attached hydrogens (tertiary/aromatic N) is 1. The number of amides is 1. The van der Waals surface area contributed by atoms with Crippen molar-refractivity contribution in [2.45, 2.75) is 25.2 Å². The predicted octanol–water partition coefficient (Wildman–Crippen LogP) is 4.23. The predicted molar refractivity (Wildman–Crippen MR) is 109 cm³/mol. The van der Waals surface area contributed by atoms with Gasteiger partial charge in [-0.15, -0.1) is 0 Å². The summed E-state index contributed by atoms with van der Waals surface area (Å²) in [6.07, 6.45) is 0.759. The summed E-state index contributed by atoms with van der Waals surface area (Å²) >= 11 is 0. The molecule has 0 radical (unpaired) electrons. The summed E-state index contributed by atoms with van der Waals surface area (Å²) in [6.45, 7) is 3.52. The lowest BCUT2D eigenvalue weighted by molar-refractivity contribution is 0.0995. The highest BCUT2D eigenvalue weighted by Gasteiger charge is 2.28. The van der Waals surface area contributed by atoms with Crippen LogP contribution in [0.4, 0.5) is 11.4 Å². The quantitative estimate of drug-likeness (QED) is 0.674. The van der Waals surface area contributed by atoms with Crippen LogP contribution in [-0.4, -0.2) is 21.4 Å². The monoisotopic (exact) mass is 398 g/mol. The van der Waals surface area contributed by atoms with E-state index in [2.05, 4.69) is 5.32 Å². The van der Waals surface area contributed by atoms with Crippen LogP contribution in [0.3, 0.4) is 0 Å². The molecule has 0 aliphatic heterocycles. The number of benzene rings is 2. The van der Waals surface area contributed by atoms with Crippen molar-refractivity contribution in [1.82, 2.24) is 0 Å². The molecule has 28 heavy (non-hydrogen) atoms. The molecule has 0 fully saturated rings. The second kappa shape index (κ2) is 7.90. The van der Waals surface area contributed by atoms with Crippen molar-refractivity contribution in [3.05, 3.63) is 77.7 Å². The Hall–Kier alpha value is -3.06. The van der Waals surface area contributed by atoms with Gasteiger partial charge in [0.1, 0.15) is 10.7 Å². The summed E-state index contributed by atoms with van der Waals surface area (Å²) in [5.41, 5.74) is 2.18. The third kappa shape index (κ3) is 3.80. The van der Waals surface area contributed by atoms with Gasteiger partial charge in [0.05, 0.1) is 5.69 Å². The molecule has 146 valence electrons. The minimum absolute atomic E-state index is 0.0345. The summed E-state index contributed by atoms with van der Waals surface area (Å²) in [6, 6.07) is 17.4. The highest BCUT2D eigenvalue weighted by Crippen LogP contribution is 2.27. The van der Waals surface area contributed by atoms with E-state index in [9.17, 15) is 13.2 Å². The molecule has 1 aromatic heterocycles. The Morgan fingerprint density at radius 1 is 1.07 bits per heavy atom. The first kappa shape index (κ1) is 19.7. The largest absolute Gasteiger partial charge is 0.455 e. The Morgan fingerprint density at radius 2 is 1.71 bits per heavy atom. The van der Waals surface area contributed by atoms with E-state index in [1.807, 2.05) is 31.2 Å². The molecule has 0 saturated heterocycles. The molecule has 0 bridgehead atoms. The Kier molecular flexibility index (Phi) is 5.56. The van der Waals surface area contributed by atoms with Gasteiger partial charge in [-0.25, -0.2) is 8.42 Å². The van der Waals surface area contributed by atoms with Crippen molar-refractivity contribution >= 4 is 27.3 Å². The van der Waals surface area contributed by atoms with Gasteiger partial charge in [0.2, 0.25) is 0 Å². The third-order valence-electron chi connectivity index (χ3n) is 4.50. The first-order chi connectivity index (χ1) is 13.3. The van der Waals surface area contributed by atoms with Crippen molar-refractivity contribution < 1.29 is 17.6 Å². The number of anilines is 2. The minimum atomic E-state index is -3.86. The molecule has 0 spiro atoms. The van der Waals surface area contributed by atoms with E-state index < -0.39 is 15.9 Å². The fraction of sp³-hybridized carbons (Fsp3) is 0.190. The number of carbonyl (C=O) groups excluding carboxylic acids is 1. The fourth-order valence-corrected chi connectivity index (χ4v) is 4.25. The van der Waals surface area contributed by atoms with Crippen molar-refractivity contribution in [2.75, 3.05) is 16.7 Å². The van der Waals surface area contributed by atoms with Crippen molar-refractivity contribution in [2.24, 2.45) is 0 Å². The van der Waals surface area contributed by atoms with E-state index in [1.54, 1.807) is 30.3 Å². The topological polar surface area (TPSA) is 79.6 Å². The SMILES string of the molecule is CCc1ccccc1NC(=O)c1cc(S(=O)(=O)N(C)c2ccccc2)c(C)o1. The maximum absolute atomic E-state index is 13.0. The zero-order valence-electron chi connectivity index (χ0n) is 16.0. The van der Waals surface area contributed by atoms with Gasteiger partial charge in [0.15, 0.2) is 5.76 Å². The van der Waals surface area contributed by atoms with Gasteiger partial charge in [-0.2, -0.15) is 0 Å². The van der Waals surface area contributed by atoms with Gasteiger partial charge >= 0.3 is 0 Å². The molecule has 0 atom stereocenters. The number of furan rings is 1. The second-order valence-corrected chi connectivity index (χ2v) is 8.24. The number of para-hydroxylation sites is 2. The van der Waals surface area contributed by atoms with Crippen LogP contribution in [0.2, 0.25) is 0 Å². The Balaban J connectivity index is 1.89. The highest BCUT2D eigenvalue weighted by molar-refractivity contribution is 7.92. The summed E-state index contributed by atoms with van der Waals surface area (Å²) in [5.74, 6) is -0.382. The highest BCUT2D eigenvalue weighted by atomic mass is 32.2. The zero-order valence-corrected chi connectivity index (χ0v) is 16.8. The van der Waals surface area contributed by atoms with E-state index >= 15 is 0 Å². The van der Waals surface area contributed by atoms with E-state index in [4.69, 9.17) is 4.42 Å². The first-order valence-corrected chi connectivity index (χ1v) is 10.3. The van der Waals surface area contributed by atoms with Gasteiger partial charge in [-0.05, 0) is 37.1 Å². The first-order valence-electron chi connectivity index (χ1n) is 8.88. The minimum Gasteiger partial charge on any atom is -0.455 e. The molecule has 6 nitrogen and oxygen atoms in total. The molecule has 0 aliphatic rings. The number of nitrogens with one attached hydrogen (secondary N) is 1. The zero-order chi connectivity index (χ0) is 20.3. The number of sulfonamides is 1. The molecule has 3 rings (SSSR count). The molecule has 1 amide bonds. The lowest BCUT2D eigenvalue weighted by atomic mass is 10.1. The van der Waals surface area contributed by atoms with Gasteiger partial charge in [0, 0.05) is 18.8 Å². The van der Waals surface area contributed by atoms with Gasteiger partial charge in [-0.1, -0.05) is 43.3 Å². The smallest absolute Gasteiger partial charge is 0.291 e. The average molecular weight is 398 g/mol. The number of hydrogen-bond donors (Lipinski definition) is 1. The van der Waals surface area contributed by atoms with Crippen molar-refractivity contribution in [1.29, 1.82) is 0 Å². The molecule has 1 heterocycles. The Morgan fingerprint density at radius 3 is 2.39 bits per heavy atom. The number of rotatable bonds is 6. The number of hydrogen-bond acceptors (Lipinski definition) is 4. The fourth-order valence-electron chi connectivity index (χ4n) is 2.89. The van der Waals surface area contributed by atoms with E-state index in [0.29, 0.717) is 11.4 Å². The van der Waals surface area contributed by atoms with Crippen molar-refractivity contribution in [3.8, 4) is 0 Å². The molecule has 3 aromatic rings. The summed E-state index contributed by atoms with van der Waals surface area (Å²) in [4.78, 5) is 12.6. The Bertz CT molecular complexity index is 1090. The number of aryl methyl sites for hydroxylation is 2. The van der Waals surface area contributed by atoms with Gasteiger partial charge < -0.3 is 9.73 Å². The second-order valence-electron chi connectivity index (χ2n) is 6.30. The van der Waals surface area contributed by atoms with Gasteiger partial charge in [-0.3, -0.25) is 9.10 Å². The molecule has 7 heteroatoms. The van der Waals surface area contributed by atoms with Crippen molar-refractivity contribution in [3.63, 3.8) is 0 Å². The van der Waals surface area contributed by atoms with Crippen LogP contribution in [0.1, 0.15) is 28.8 Å².